The summed E-state index contributed by atoms with van der Waals surface area (Å²) in [5.74, 6) is 1.72. The lowest BCUT2D eigenvalue weighted by atomic mass is 10.1. The average molecular weight is 483 g/mol. The van der Waals surface area contributed by atoms with Crippen molar-refractivity contribution in [3.05, 3.63) is 64.7 Å². The predicted molar refractivity (Wildman–Crippen MR) is 122 cm³/mol. The fraction of sp³-hybridized carbons (Fsp3) is 0.381. The summed E-state index contributed by atoms with van der Waals surface area (Å²) in [7, 11) is 5.20. The molecule has 0 radical (unpaired) electrons. The van der Waals surface area contributed by atoms with Crippen LogP contribution in [-0.4, -0.2) is 33.8 Å². The minimum atomic E-state index is 0. The van der Waals surface area contributed by atoms with E-state index in [0.29, 0.717) is 6.61 Å². The number of halogens is 1. The standard InChI is InChI=1S/C21H29N3O2.HI/c1-16-8-9-17(13-20(16)26-4)10-11-23-21(22-2)24-14-18-6-5-7-19(12-18)15-25-3;/h5-9,12-13H,10-11,14-15H2,1-4H3,(H2,22,23,24);1H. The van der Waals surface area contributed by atoms with E-state index in [2.05, 4.69) is 52.0 Å². The third-order valence-corrected chi connectivity index (χ3v) is 4.16. The first-order chi connectivity index (χ1) is 12.7. The van der Waals surface area contributed by atoms with Crippen LogP contribution in [0.2, 0.25) is 0 Å². The van der Waals surface area contributed by atoms with E-state index >= 15 is 0 Å². The highest BCUT2D eigenvalue weighted by Gasteiger charge is 2.03. The third kappa shape index (κ3) is 7.76. The van der Waals surface area contributed by atoms with E-state index in [1.165, 1.54) is 16.7 Å². The van der Waals surface area contributed by atoms with Gasteiger partial charge in [0, 0.05) is 27.2 Å². The van der Waals surface area contributed by atoms with Gasteiger partial charge in [-0.2, -0.15) is 0 Å². The second-order valence-corrected chi connectivity index (χ2v) is 6.16. The van der Waals surface area contributed by atoms with Crippen molar-refractivity contribution in [3.8, 4) is 5.75 Å². The summed E-state index contributed by atoms with van der Waals surface area (Å²) in [4.78, 5) is 4.29. The number of ether oxygens (including phenoxy) is 2. The predicted octanol–water partition coefficient (Wildman–Crippen LogP) is 3.68. The average Bonchev–Trinajstić information content (AvgIpc) is 2.66. The monoisotopic (exact) mass is 483 g/mol. The summed E-state index contributed by atoms with van der Waals surface area (Å²) in [6, 6.07) is 14.7. The van der Waals surface area contributed by atoms with Gasteiger partial charge in [0.15, 0.2) is 5.96 Å². The van der Waals surface area contributed by atoms with Crippen molar-refractivity contribution < 1.29 is 9.47 Å². The number of nitrogens with zero attached hydrogens (tertiary/aromatic N) is 1. The number of guanidine groups is 1. The molecule has 0 aliphatic rings. The molecule has 0 atom stereocenters. The zero-order valence-corrected chi connectivity index (χ0v) is 18.9. The molecule has 0 amide bonds. The molecule has 0 bridgehead atoms. The fourth-order valence-electron chi connectivity index (χ4n) is 2.75. The van der Waals surface area contributed by atoms with Gasteiger partial charge in [-0.05, 0) is 41.7 Å². The Morgan fingerprint density at radius 3 is 2.48 bits per heavy atom. The summed E-state index contributed by atoms with van der Waals surface area (Å²) in [5.41, 5.74) is 4.76. The lowest BCUT2D eigenvalue weighted by molar-refractivity contribution is 0.185. The summed E-state index contributed by atoms with van der Waals surface area (Å²) in [6.07, 6.45) is 0.903. The van der Waals surface area contributed by atoms with E-state index in [1.807, 2.05) is 13.0 Å². The molecular formula is C21H30IN3O2. The van der Waals surface area contributed by atoms with Gasteiger partial charge >= 0.3 is 0 Å². The maximum atomic E-state index is 5.38. The number of methoxy groups -OCH3 is 2. The molecule has 0 spiro atoms. The molecule has 5 nitrogen and oxygen atoms in total. The van der Waals surface area contributed by atoms with Gasteiger partial charge in [0.05, 0.1) is 13.7 Å². The van der Waals surface area contributed by atoms with Crippen LogP contribution in [0.5, 0.6) is 5.75 Å². The third-order valence-electron chi connectivity index (χ3n) is 4.16. The van der Waals surface area contributed by atoms with E-state index in [1.54, 1.807) is 21.3 Å². The van der Waals surface area contributed by atoms with Crippen molar-refractivity contribution >= 4 is 29.9 Å². The van der Waals surface area contributed by atoms with Gasteiger partial charge in [-0.25, -0.2) is 0 Å². The molecule has 0 aromatic heterocycles. The van der Waals surface area contributed by atoms with Crippen molar-refractivity contribution in [2.24, 2.45) is 4.99 Å². The minimum Gasteiger partial charge on any atom is -0.496 e. The molecule has 0 aliphatic heterocycles. The lowest BCUT2D eigenvalue weighted by Crippen LogP contribution is -2.37. The Kier molecular flexibility index (Phi) is 10.8. The zero-order chi connectivity index (χ0) is 18.8. The van der Waals surface area contributed by atoms with Crippen LogP contribution >= 0.6 is 24.0 Å². The summed E-state index contributed by atoms with van der Waals surface area (Å²) >= 11 is 0. The molecule has 2 rings (SSSR count). The molecule has 0 unspecified atom stereocenters. The van der Waals surface area contributed by atoms with E-state index < -0.39 is 0 Å². The Morgan fingerprint density at radius 1 is 1.00 bits per heavy atom. The number of aliphatic imine (C=N–C) groups is 1. The summed E-state index contributed by atoms with van der Waals surface area (Å²) in [6.45, 7) is 4.19. The summed E-state index contributed by atoms with van der Waals surface area (Å²) < 4.78 is 10.6. The van der Waals surface area contributed by atoms with Gasteiger partial charge in [-0.15, -0.1) is 24.0 Å². The lowest BCUT2D eigenvalue weighted by Gasteiger charge is -2.13. The molecule has 0 fully saturated rings. The highest BCUT2D eigenvalue weighted by atomic mass is 127. The highest BCUT2D eigenvalue weighted by molar-refractivity contribution is 14.0. The van der Waals surface area contributed by atoms with Crippen molar-refractivity contribution in [3.63, 3.8) is 0 Å². The molecule has 2 aromatic rings. The smallest absolute Gasteiger partial charge is 0.191 e. The molecule has 0 saturated heterocycles. The number of nitrogens with one attached hydrogen (secondary N) is 2. The molecule has 148 valence electrons. The van der Waals surface area contributed by atoms with E-state index in [-0.39, 0.29) is 24.0 Å². The van der Waals surface area contributed by atoms with Gasteiger partial charge in [-0.3, -0.25) is 4.99 Å². The maximum Gasteiger partial charge on any atom is 0.191 e. The van der Waals surface area contributed by atoms with Crippen LogP contribution in [-0.2, 0) is 24.3 Å². The van der Waals surface area contributed by atoms with Gasteiger partial charge < -0.3 is 20.1 Å². The van der Waals surface area contributed by atoms with Crippen LogP contribution < -0.4 is 15.4 Å². The molecule has 0 aliphatic carbocycles. The van der Waals surface area contributed by atoms with E-state index in [0.717, 1.165) is 36.8 Å². The van der Waals surface area contributed by atoms with E-state index in [9.17, 15) is 0 Å². The number of rotatable bonds is 8. The van der Waals surface area contributed by atoms with Gasteiger partial charge in [-0.1, -0.05) is 36.4 Å². The van der Waals surface area contributed by atoms with Crippen LogP contribution in [0.4, 0.5) is 0 Å². The van der Waals surface area contributed by atoms with Crippen molar-refractivity contribution in [2.45, 2.75) is 26.5 Å². The van der Waals surface area contributed by atoms with Crippen LogP contribution in [0.25, 0.3) is 0 Å². The first-order valence-electron chi connectivity index (χ1n) is 8.81. The Labute approximate surface area is 179 Å². The second-order valence-electron chi connectivity index (χ2n) is 6.16. The van der Waals surface area contributed by atoms with Crippen molar-refractivity contribution in [1.29, 1.82) is 0 Å². The van der Waals surface area contributed by atoms with Crippen molar-refractivity contribution in [2.75, 3.05) is 27.8 Å². The SMILES string of the molecule is CN=C(NCCc1ccc(C)c(OC)c1)NCc1cccc(COC)c1.I. The first-order valence-corrected chi connectivity index (χ1v) is 8.81. The normalized spacial score (nSPS) is 10.9. The first kappa shape index (κ1) is 23.2. The second kappa shape index (κ2) is 12.6. The number of benzene rings is 2. The molecule has 0 saturated carbocycles. The van der Waals surface area contributed by atoms with Crippen LogP contribution in [0, 0.1) is 6.92 Å². The Morgan fingerprint density at radius 2 is 1.78 bits per heavy atom. The van der Waals surface area contributed by atoms with Crippen molar-refractivity contribution in [1.82, 2.24) is 10.6 Å². The molecular weight excluding hydrogens is 453 g/mol. The Hall–Kier alpha value is -1.80. The van der Waals surface area contributed by atoms with Crippen LogP contribution in [0.1, 0.15) is 22.3 Å². The Bertz CT molecular complexity index is 735. The molecule has 0 heterocycles. The largest absolute Gasteiger partial charge is 0.496 e. The molecule has 6 heteroatoms. The zero-order valence-electron chi connectivity index (χ0n) is 16.5. The van der Waals surface area contributed by atoms with Gasteiger partial charge in [0.25, 0.3) is 0 Å². The van der Waals surface area contributed by atoms with Crippen LogP contribution in [0.15, 0.2) is 47.5 Å². The quantitative estimate of drug-likeness (QED) is 0.342. The molecule has 27 heavy (non-hydrogen) atoms. The minimum absolute atomic E-state index is 0. The highest BCUT2D eigenvalue weighted by Crippen LogP contribution is 2.19. The summed E-state index contributed by atoms with van der Waals surface area (Å²) in [5, 5.41) is 6.70. The molecule has 2 aromatic carbocycles. The van der Waals surface area contributed by atoms with E-state index in [4.69, 9.17) is 9.47 Å². The van der Waals surface area contributed by atoms with Gasteiger partial charge in [0.1, 0.15) is 5.75 Å². The number of aryl methyl sites for hydroxylation is 1. The topological polar surface area (TPSA) is 54.9 Å². The van der Waals surface area contributed by atoms with Gasteiger partial charge in [0.2, 0.25) is 0 Å². The maximum absolute atomic E-state index is 5.38. The fourth-order valence-corrected chi connectivity index (χ4v) is 2.75. The number of hydrogen-bond donors (Lipinski definition) is 2. The number of hydrogen-bond acceptors (Lipinski definition) is 3. The Balaban J connectivity index is 0.00000364. The van der Waals surface area contributed by atoms with Crippen LogP contribution in [0.3, 0.4) is 0 Å². The molecule has 2 N–H and O–H groups in total.